The molecule has 0 N–H and O–H groups in total. The van der Waals surface area contributed by atoms with Gasteiger partial charge in [0.05, 0.1) is 11.6 Å². The molecule has 0 radical (unpaired) electrons. The van der Waals surface area contributed by atoms with Crippen molar-refractivity contribution in [3.05, 3.63) is 29.3 Å². The molecule has 2 fully saturated rings. The van der Waals surface area contributed by atoms with Crippen LogP contribution in [0.4, 0.5) is 23.7 Å². The number of benzene rings is 1. The Hall–Kier alpha value is -2.23. The molecule has 2 saturated heterocycles. The standard InChI is InChI=1S/C18H18F3N3O3S/c1-22-14(25)17(15(26)23(2)16(22)27)8-10-7-11(18(19,20)21)3-4-12(10)24-5-6-28-9-13(17)24/h3-4,7,13H,5-6,8-9H2,1-2H3. The number of thioether (sulfide) groups is 1. The number of amides is 4. The Bertz CT molecular complexity index is 865. The van der Waals surface area contributed by atoms with Gasteiger partial charge in [-0.15, -0.1) is 0 Å². The summed E-state index contributed by atoms with van der Waals surface area (Å²) in [5.74, 6) is -0.0873. The van der Waals surface area contributed by atoms with Crippen molar-refractivity contribution in [1.29, 1.82) is 0 Å². The van der Waals surface area contributed by atoms with Crippen LogP contribution >= 0.6 is 11.8 Å². The molecule has 1 aromatic rings. The number of nitrogens with zero attached hydrogens (tertiary/aromatic N) is 3. The highest BCUT2D eigenvalue weighted by Gasteiger charge is 2.63. The van der Waals surface area contributed by atoms with E-state index >= 15 is 0 Å². The van der Waals surface area contributed by atoms with E-state index in [2.05, 4.69) is 0 Å². The van der Waals surface area contributed by atoms with E-state index in [4.69, 9.17) is 0 Å². The highest BCUT2D eigenvalue weighted by atomic mass is 32.2. The molecule has 0 aromatic heterocycles. The summed E-state index contributed by atoms with van der Waals surface area (Å²) >= 11 is 1.59. The first-order chi connectivity index (χ1) is 13.1. The first-order valence-corrected chi connectivity index (χ1v) is 9.89. The van der Waals surface area contributed by atoms with E-state index in [9.17, 15) is 27.6 Å². The molecule has 4 rings (SSSR count). The van der Waals surface area contributed by atoms with Gasteiger partial charge in [-0.05, 0) is 30.2 Å². The Morgan fingerprint density at radius 1 is 1.11 bits per heavy atom. The van der Waals surface area contributed by atoms with Gasteiger partial charge in [0.25, 0.3) is 0 Å². The summed E-state index contributed by atoms with van der Waals surface area (Å²) < 4.78 is 39.7. The molecule has 0 saturated carbocycles. The number of hydrogen-bond acceptors (Lipinski definition) is 5. The number of carbonyl (C=O) groups excluding carboxylic acids is 3. The molecule has 1 atom stereocenters. The van der Waals surface area contributed by atoms with Gasteiger partial charge < -0.3 is 4.90 Å². The highest BCUT2D eigenvalue weighted by Crippen LogP contribution is 2.48. The molecule has 10 heteroatoms. The van der Waals surface area contributed by atoms with E-state index in [0.29, 0.717) is 23.5 Å². The summed E-state index contributed by atoms with van der Waals surface area (Å²) in [5.41, 5.74) is -1.51. The molecular formula is C18H18F3N3O3S. The van der Waals surface area contributed by atoms with Gasteiger partial charge in [0.15, 0.2) is 5.41 Å². The van der Waals surface area contributed by atoms with Crippen LogP contribution in [0.25, 0.3) is 0 Å². The predicted molar refractivity (Wildman–Crippen MR) is 97.0 cm³/mol. The number of carbonyl (C=O) groups is 3. The summed E-state index contributed by atoms with van der Waals surface area (Å²) in [7, 11) is 2.61. The zero-order valence-electron chi connectivity index (χ0n) is 15.2. The van der Waals surface area contributed by atoms with Crippen LogP contribution in [-0.2, 0) is 22.2 Å². The number of anilines is 1. The van der Waals surface area contributed by atoms with Gasteiger partial charge >= 0.3 is 12.2 Å². The second kappa shape index (κ2) is 6.13. The fourth-order valence-corrected chi connectivity index (χ4v) is 5.61. The molecule has 1 unspecified atom stereocenters. The molecule has 3 aliphatic heterocycles. The first-order valence-electron chi connectivity index (χ1n) is 8.74. The van der Waals surface area contributed by atoms with Gasteiger partial charge in [-0.2, -0.15) is 24.9 Å². The summed E-state index contributed by atoms with van der Waals surface area (Å²) in [6.07, 6.45) is -4.69. The molecule has 28 heavy (non-hydrogen) atoms. The van der Waals surface area contributed by atoms with Gasteiger partial charge in [0.1, 0.15) is 0 Å². The van der Waals surface area contributed by atoms with Crippen molar-refractivity contribution in [3.8, 4) is 0 Å². The van der Waals surface area contributed by atoms with Crippen molar-refractivity contribution in [2.24, 2.45) is 5.41 Å². The molecular weight excluding hydrogens is 395 g/mol. The Balaban J connectivity index is 1.91. The van der Waals surface area contributed by atoms with Gasteiger partial charge in [0.2, 0.25) is 11.8 Å². The van der Waals surface area contributed by atoms with Crippen molar-refractivity contribution < 1.29 is 27.6 Å². The smallest absolute Gasteiger partial charge is 0.365 e. The van der Waals surface area contributed by atoms with Crippen LogP contribution in [-0.4, -0.2) is 65.8 Å². The second-order valence-corrected chi connectivity index (χ2v) is 8.43. The number of fused-ring (bicyclic) bond motifs is 4. The third kappa shape index (κ3) is 2.46. The number of halogens is 3. The SMILES string of the molecule is CN1C(=O)N(C)C(=O)C2(Cc3cc(C(F)(F)F)ccc3N3CCSCC32)C1=O. The van der Waals surface area contributed by atoms with Crippen LogP contribution in [0, 0.1) is 5.41 Å². The minimum atomic E-state index is -4.53. The number of barbiturate groups is 1. The molecule has 1 spiro atoms. The van der Waals surface area contributed by atoms with Crippen molar-refractivity contribution in [2.75, 3.05) is 37.0 Å². The van der Waals surface area contributed by atoms with E-state index in [1.165, 1.54) is 20.2 Å². The van der Waals surface area contributed by atoms with Crippen molar-refractivity contribution in [3.63, 3.8) is 0 Å². The Kier molecular flexibility index (Phi) is 4.18. The maximum Gasteiger partial charge on any atom is 0.416 e. The third-order valence-electron chi connectivity index (χ3n) is 5.83. The van der Waals surface area contributed by atoms with E-state index in [1.807, 2.05) is 4.90 Å². The van der Waals surface area contributed by atoms with Gasteiger partial charge in [-0.1, -0.05) is 0 Å². The van der Waals surface area contributed by atoms with E-state index in [1.54, 1.807) is 11.8 Å². The average Bonchev–Trinajstić information content (AvgIpc) is 2.68. The number of alkyl halides is 3. The van der Waals surface area contributed by atoms with Gasteiger partial charge in [-0.25, -0.2) is 4.79 Å². The van der Waals surface area contributed by atoms with Gasteiger partial charge in [0, 0.05) is 37.8 Å². The van der Waals surface area contributed by atoms with Crippen LogP contribution in [0.15, 0.2) is 18.2 Å². The van der Waals surface area contributed by atoms with Crippen molar-refractivity contribution >= 4 is 35.3 Å². The first kappa shape index (κ1) is 19.1. The highest BCUT2D eigenvalue weighted by molar-refractivity contribution is 7.99. The minimum absolute atomic E-state index is 0.159. The van der Waals surface area contributed by atoms with E-state index in [-0.39, 0.29) is 6.42 Å². The maximum atomic E-state index is 13.2. The third-order valence-corrected chi connectivity index (χ3v) is 6.85. The lowest BCUT2D eigenvalue weighted by Gasteiger charge is -2.54. The zero-order valence-corrected chi connectivity index (χ0v) is 16.1. The van der Waals surface area contributed by atoms with Crippen LogP contribution in [0.5, 0.6) is 0 Å². The van der Waals surface area contributed by atoms with Crippen LogP contribution in [0.2, 0.25) is 0 Å². The number of imide groups is 2. The molecule has 3 heterocycles. The molecule has 0 bridgehead atoms. The predicted octanol–water partition coefficient (Wildman–Crippen LogP) is 2.22. The fourth-order valence-electron chi connectivity index (χ4n) is 4.43. The minimum Gasteiger partial charge on any atom is -0.365 e. The number of rotatable bonds is 0. The second-order valence-electron chi connectivity index (χ2n) is 7.28. The molecule has 4 amide bonds. The van der Waals surface area contributed by atoms with Crippen molar-refractivity contribution in [1.82, 2.24) is 9.80 Å². The maximum absolute atomic E-state index is 13.2. The summed E-state index contributed by atoms with van der Waals surface area (Å²) in [6.45, 7) is 0.511. The average molecular weight is 413 g/mol. The van der Waals surface area contributed by atoms with E-state index < -0.39 is 41.0 Å². The fraction of sp³-hybridized carbons (Fsp3) is 0.500. The monoisotopic (exact) mass is 413 g/mol. The molecule has 6 nitrogen and oxygen atoms in total. The topological polar surface area (TPSA) is 60.9 Å². The lowest BCUT2D eigenvalue weighted by atomic mass is 9.68. The summed E-state index contributed by atoms with van der Waals surface area (Å²) in [4.78, 5) is 42.3. The number of hydrogen-bond donors (Lipinski definition) is 0. The Labute approximate surface area is 163 Å². The lowest BCUT2D eigenvalue weighted by molar-refractivity contribution is -0.158. The number of urea groups is 1. The summed E-state index contributed by atoms with van der Waals surface area (Å²) in [6, 6.07) is 2.22. The van der Waals surface area contributed by atoms with Gasteiger partial charge in [-0.3, -0.25) is 19.4 Å². The Morgan fingerprint density at radius 2 is 1.75 bits per heavy atom. The van der Waals surface area contributed by atoms with E-state index in [0.717, 1.165) is 27.7 Å². The zero-order chi connectivity index (χ0) is 20.4. The molecule has 150 valence electrons. The lowest BCUT2D eigenvalue weighted by Crippen LogP contribution is -2.72. The molecule has 1 aromatic carbocycles. The normalized spacial score (nSPS) is 24.5. The largest absolute Gasteiger partial charge is 0.416 e. The quantitative estimate of drug-likeness (QED) is 0.611. The van der Waals surface area contributed by atoms with Crippen molar-refractivity contribution in [2.45, 2.75) is 18.6 Å². The summed E-state index contributed by atoms with van der Waals surface area (Å²) in [5, 5.41) is 0. The van der Waals surface area contributed by atoms with Crippen LogP contribution in [0.1, 0.15) is 11.1 Å². The molecule has 0 aliphatic carbocycles. The Morgan fingerprint density at radius 3 is 2.36 bits per heavy atom. The molecule has 3 aliphatic rings. The van der Waals surface area contributed by atoms with Crippen LogP contribution in [0.3, 0.4) is 0 Å². The van der Waals surface area contributed by atoms with Crippen LogP contribution < -0.4 is 4.90 Å².